The molecule has 4 N–H and O–H groups in total. The summed E-state index contributed by atoms with van der Waals surface area (Å²) in [5, 5.41) is 3.11. The van der Waals surface area contributed by atoms with Crippen molar-refractivity contribution in [3.63, 3.8) is 0 Å². The lowest BCUT2D eigenvalue weighted by Crippen LogP contribution is -2.47. The third kappa shape index (κ3) is 8.17. The number of nitrogens with two attached hydrogens (primary N) is 1. The number of methoxy groups -OCH3 is 1. The molecule has 15 heavy (non-hydrogen) atoms. The van der Waals surface area contributed by atoms with Crippen LogP contribution in [0.5, 0.6) is 0 Å². The van der Waals surface area contributed by atoms with Crippen LogP contribution in [0, 0.1) is 0 Å². The fourth-order valence-electron chi connectivity index (χ4n) is 1.02. The minimum absolute atomic E-state index is 0.184. The highest BCUT2D eigenvalue weighted by Crippen LogP contribution is 1.83. The summed E-state index contributed by atoms with van der Waals surface area (Å²) in [4.78, 5) is 6.34. The average Bonchev–Trinajstić information content (AvgIpc) is 2.16. The molecule has 0 heterocycles. The van der Waals surface area contributed by atoms with E-state index in [9.17, 15) is 0 Å². The standard InChI is InChI=1S/C9H23N5O/c1-8(7-15-4)12-9(13-10)11-5-6-14(2)3/h8H,5-7,10H2,1-4H3,(H2,11,12,13). The molecule has 0 spiro atoms. The van der Waals surface area contributed by atoms with Gasteiger partial charge < -0.3 is 15.0 Å². The van der Waals surface area contributed by atoms with Gasteiger partial charge in [0.2, 0.25) is 5.96 Å². The van der Waals surface area contributed by atoms with Gasteiger partial charge in [0.05, 0.1) is 13.2 Å². The molecule has 0 aromatic rings. The Bertz CT molecular complexity index is 183. The molecule has 0 saturated carbocycles. The van der Waals surface area contributed by atoms with Crippen LogP contribution in [-0.2, 0) is 4.74 Å². The summed E-state index contributed by atoms with van der Waals surface area (Å²) in [6.45, 7) is 4.22. The van der Waals surface area contributed by atoms with Crippen LogP contribution in [0.1, 0.15) is 6.92 Å². The maximum atomic E-state index is 5.34. The zero-order chi connectivity index (χ0) is 11.7. The Labute approximate surface area is 91.8 Å². The van der Waals surface area contributed by atoms with Crippen molar-refractivity contribution in [1.82, 2.24) is 15.6 Å². The van der Waals surface area contributed by atoms with Crippen molar-refractivity contribution < 1.29 is 4.74 Å². The molecule has 1 unspecified atom stereocenters. The number of nitrogens with zero attached hydrogens (tertiary/aromatic N) is 2. The van der Waals surface area contributed by atoms with Crippen molar-refractivity contribution in [3.8, 4) is 0 Å². The van der Waals surface area contributed by atoms with Crippen molar-refractivity contribution in [2.75, 3.05) is 40.9 Å². The van der Waals surface area contributed by atoms with Crippen molar-refractivity contribution in [2.45, 2.75) is 13.0 Å². The first-order valence-electron chi connectivity index (χ1n) is 5.01. The number of guanidine groups is 1. The smallest absolute Gasteiger partial charge is 0.206 e. The molecule has 0 rings (SSSR count). The first kappa shape index (κ1) is 14.2. The third-order valence-corrected chi connectivity index (χ3v) is 1.75. The summed E-state index contributed by atoms with van der Waals surface area (Å²) < 4.78 is 5.00. The number of hydrogen-bond donors (Lipinski definition) is 3. The second-order valence-electron chi connectivity index (χ2n) is 3.68. The van der Waals surface area contributed by atoms with Crippen molar-refractivity contribution in [3.05, 3.63) is 0 Å². The molecule has 0 amide bonds. The van der Waals surface area contributed by atoms with E-state index >= 15 is 0 Å². The highest BCUT2D eigenvalue weighted by atomic mass is 16.5. The van der Waals surface area contributed by atoms with Crippen molar-refractivity contribution >= 4 is 5.96 Å². The number of nitrogens with one attached hydrogen (secondary N) is 2. The molecule has 6 nitrogen and oxygen atoms in total. The lowest BCUT2D eigenvalue weighted by Gasteiger charge is -2.16. The zero-order valence-corrected chi connectivity index (χ0v) is 10.1. The van der Waals surface area contributed by atoms with E-state index in [0.717, 1.165) is 6.54 Å². The summed E-state index contributed by atoms with van der Waals surface area (Å²) >= 11 is 0. The topological polar surface area (TPSA) is 74.9 Å². The average molecular weight is 217 g/mol. The summed E-state index contributed by atoms with van der Waals surface area (Å²) in [6.07, 6.45) is 0. The highest BCUT2D eigenvalue weighted by Gasteiger charge is 2.02. The molecule has 0 saturated heterocycles. The van der Waals surface area contributed by atoms with Crippen LogP contribution in [0.25, 0.3) is 0 Å². The lowest BCUT2D eigenvalue weighted by molar-refractivity contribution is 0.179. The van der Waals surface area contributed by atoms with Gasteiger partial charge in [0, 0.05) is 19.7 Å². The molecule has 0 aromatic heterocycles. The van der Waals surface area contributed by atoms with Gasteiger partial charge in [0.1, 0.15) is 0 Å². The van der Waals surface area contributed by atoms with Crippen molar-refractivity contribution in [1.29, 1.82) is 0 Å². The van der Waals surface area contributed by atoms with Gasteiger partial charge in [0.25, 0.3) is 0 Å². The van der Waals surface area contributed by atoms with Gasteiger partial charge in [-0.2, -0.15) is 0 Å². The van der Waals surface area contributed by atoms with Crippen LogP contribution in [0.2, 0.25) is 0 Å². The fourth-order valence-corrected chi connectivity index (χ4v) is 1.02. The van der Waals surface area contributed by atoms with E-state index in [2.05, 4.69) is 20.6 Å². The minimum Gasteiger partial charge on any atom is -0.383 e. The summed E-state index contributed by atoms with van der Waals surface area (Å²) in [6, 6.07) is 0.184. The first-order chi connectivity index (χ1) is 7.10. The normalized spacial score (nSPS) is 14.1. The van der Waals surface area contributed by atoms with Gasteiger partial charge in [-0.15, -0.1) is 0 Å². The van der Waals surface area contributed by atoms with E-state index in [1.165, 1.54) is 0 Å². The van der Waals surface area contributed by atoms with Crippen LogP contribution in [0.4, 0.5) is 0 Å². The monoisotopic (exact) mass is 217 g/mol. The van der Waals surface area contributed by atoms with Gasteiger partial charge in [-0.05, 0) is 21.0 Å². The van der Waals surface area contributed by atoms with Gasteiger partial charge in [-0.25, -0.2) is 5.84 Å². The molecule has 0 aromatic carbocycles. The van der Waals surface area contributed by atoms with Gasteiger partial charge in [-0.1, -0.05) is 0 Å². The molecule has 0 radical (unpaired) electrons. The van der Waals surface area contributed by atoms with E-state index in [1.807, 2.05) is 21.0 Å². The predicted molar refractivity (Wildman–Crippen MR) is 62.7 cm³/mol. The SMILES string of the molecule is COCC(C)NC(=NCCN(C)C)NN. The molecule has 0 aliphatic rings. The summed E-state index contributed by atoms with van der Waals surface area (Å²) in [5.74, 6) is 5.93. The molecular formula is C9H23N5O. The summed E-state index contributed by atoms with van der Waals surface area (Å²) in [7, 11) is 5.68. The van der Waals surface area contributed by atoms with Crippen molar-refractivity contribution in [2.24, 2.45) is 10.8 Å². The van der Waals surface area contributed by atoms with E-state index < -0.39 is 0 Å². The quantitative estimate of drug-likeness (QED) is 0.230. The first-order valence-corrected chi connectivity index (χ1v) is 5.01. The van der Waals surface area contributed by atoms with Crippen LogP contribution in [0.3, 0.4) is 0 Å². The van der Waals surface area contributed by atoms with Gasteiger partial charge >= 0.3 is 0 Å². The number of likely N-dealkylation sites (N-methyl/N-ethyl adjacent to an activating group) is 1. The predicted octanol–water partition coefficient (Wildman–Crippen LogP) is -1.01. The largest absolute Gasteiger partial charge is 0.383 e. The molecule has 1 atom stereocenters. The Balaban J connectivity index is 3.89. The Kier molecular flexibility index (Phi) is 7.98. The highest BCUT2D eigenvalue weighted by molar-refractivity contribution is 5.79. The summed E-state index contributed by atoms with van der Waals surface area (Å²) in [5.41, 5.74) is 2.53. The number of rotatable bonds is 6. The lowest BCUT2D eigenvalue weighted by atomic mass is 10.4. The van der Waals surface area contributed by atoms with Crippen LogP contribution in [-0.4, -0.2) is 57.8 Å². The zero-order valence-electron chi connectivity index (χ0n) is 10.1. The Morgan fingerprint density at radius 3 is 2.67 bits per heavy atom. The van der Waals surface area contributed by atoms with E-state index in [0.29, 0.717) is 19.1 Å². The molecule has 0 aliphatic carbocycles. The maximum absolute atomic E-state index is 5.34. The molecule has 6 heteroatoms. The van der Waals surface area contributed by atoms with Crippen LogP contribution >= 0.6 is 0 Å². The van der Waals surface area contributed by atoms with Gasteiger partial charge in [0.15, 0.2) is 0 Å². The maximum Gasteiger partial charge on any atom is 0.206 e. The number of ether oxygens (including phenoxy) is 1. The number of hydrogen-bond acceptors (Lipinski definition) is 4. The second-order valence-corrected chi connectivity index (χ2v) is 3.68. The fraction of sp³-hybridized carbons (Fsp3) is 0.889. The van der Waals surface area contributed by atoms with E-state index in [1.54, 1.807) is 7.11 Å². The van der Waals surface area contributed by atoms with E-state index in [4.69, 9.17) is 10.6 Å². The van der Waals surface area contributed by atoms with Crippen LogP contribution in [0.15, 0.2) is 4.99 Å². The molecule has 90 valence electrons. The Morgan fingerprint density at radius 1 is 1.53 bits per heavy atom. The van der Waals surface area contributed by atoms with Crippen LogP contribution < -0.4 is 16.6 Å². The number of aliphatic imine (C=N–C) groups is 1. The second kappa shape index (κ2) is 8.46. The van der Waals surface area contributed by atoms with E-state index in [-0.39, 0.29) is 6.04 Å². The molecule has 0 fully saturated rings. The Morgan fingerprint density at radius 2 is 2.20 bits per heavy atom. The third-order valence-electron chi connectivity index (χ3n) is 1.75. The molecule has 0 bridgehead atoms. The van der Waals surface area contributed by atoms with Gasteiger partial charge in [-0.3, -0.25) is 10.4 Å². The molecular weight excluding hydrogens is 194 g/mol. The molecule has 0 aliphatic heterocycles. The minimum atomic E-state index is 0.184. The number of hydrazine groups is 1. The Hall–Kier alpha value is -0.850.